The number of ether oxygens (including phenoxy) is 2. The average Bonchev–Trinajstić information content (AvgIpc) is 3.61. The Kier molecular flexibility index (Phi) is 7.57. The zero-order valence-electron chi connectivity index (χ0n) is 22.1. The van der Waals surface area contributed by atoms with E-state index in [-0.39, 0.29) is 23.3 Å². The summed E-state index contributed by atoms with van der Waals surface area (Å²) in [5.41, 5.74) is 2.16. The Morgan fingerprint density at radius 3 is 2.49 bits per heavy atom. The quantitative estimate of drug-likeness (QED) is 0.173. The highest BCUT2D eigenvalue weighted by atomic mass is 19.4. The van der Waals surface area contributed by atoms with Gasteiger partial charge in [-0.25, -0.2) is 9.67 Å². The van der Waals surface area contributed by atoms with Crippen LogP contribution < -0.4 is 4.74 Å². The first kappa shape index (κ1) is 27.1. The minimum absolute atomic E-state index is 0.0549. The van der Waals surface area contributed by atoms with Crippen LogP contribution >= 0.6 is 0 Å². The van der Waals surface area contributed by atoms with Crippen LogP contribution in [0.25, 0.3) is 22.0 Å². The molecule has 2 atom stereocenters. The van der Waals surface area contributed by atoms with Crippen molar-refractivity contribution in [1.82, 2.24) is 14.8 Å². The van der Waals surface area contributed by atoms with E-state index in [0.29, 0.717) is 53.2 Å². The first-order valence-electron chi connectivity index (χ1n) is 13.6. The molecular weight excluding hydrogens is 536 g/mol. The second-order valence-electron chi connectivity index (χ2n) is 10.2. The summed E-state index contributed by atoms with van der Waals surface area (Å²) in [6.45, 7) is 1.24. The molecule has 2 aromatic heterocycles. The molecule has 212 valence electrons. The lowest BCUT2D eigenvalue weighted by molar-refractivity contribution is -0.122. The fourth-order valence-corrected chi connectivity index (χ4v) is 5.40. The molecule has 41 heavy (non-hydrogen) atoms. The molecule has 0 unspecified atom stereocenters. The number of aliphatic imine (C=N–C) groups is 1. The van der Waals surface area contributed by atoms with Gasteiger partial charge in [0.1, 0.15) is 6.10 Å². The SMILES string of the molecule is Fc1nn([C@@H]2CCCCO2)c2ccc(/C(=C(\CC(F)(F)F)c3ccccc3)c3ccc(O[C@@H]4C=NCC4)nc3)cc12. The molecule has 0 saturated carbocycles. The van der Waals surface area contributed by atoms with Crippen molar-refractivity contribution >= 4 is 28.3 Å². The Labute approximate surface area is 234 Å². The topological polar surface area (TPSA) is 61.5 Å². The molecule has 0 spiro atoms. The van der Waals surface area contributed by atoms with E-state index in [0.717, 1.165) is 19.3 Å². The summed E-state index contributed by atoms with van der Waals surface area (Å²) in [5, 5.41) is 4.31. The van der Waals surface area contributed by atoms with Gasteiger partial charge in [0.05, 0.1) is 17.3 Å². The minimum Gasteiger partial charge on any atom is -0.468 e. The van der Waals surface area contributed by atoms with Gasteiger partial charge in [-0.2, -0.15) is 17.6 Å². The summed E-state index contributed by atoms with van der Waals surface area (Å²) in [7, 11) is 0. The molecule has 0 amide bonds. The molecule has 2 aliphatic heterocycles. The Hall–Kier alpha value is -4.05. The van der Waals surface area contributed by atoms with E-state index in [1.54, 1.807) is 66.9 Å². The molecule has 0 aliphatic carbocycles. The van der Waals surface area contributed by atoms with Crippen LogP contribution in [-0.4, -0.2) is 46.4 Å². The van der Waals surface area contributed by atoms with Gasteiger partial charge in [-0.3, -0.25) is 4.99 Å². The van der Waals surface area contributed by atoms with Crippen LogP contribution in [0.4, 0.5) is 17.6 Å². The monoisotopic (exact) mass is 564 g/mol. The van der Waals surface area contributed by atoms with Crippen molar-refractivity contribution < 1.29 is 27.0 Å². The number of benzene rings is 2. The summed E-state index contributed by atoms with van der Waals surface area (Å²) < 4.78 is 70.5. The van der Waals surface area contributed by atoms with Gasteiger partial charge >= 0.3 is 6.18 Å². The maximum absolute atomic E-state index is 15.2. The Bertz CT molecular complexity index is 1570. The van der Waals surface area contributed by atoms with Gasteiger partial charge in [-0.15, -0.1) is 5.10 Å². The number of halogens is 4. The summed E-state index contributed by atoms with van der Waals surface area (Å²) in [5.74, 6) is -0.355. The number of hydrogen-bond donors (Lipinski definition) is 0. The number of pyridine rings is 1. The van der Waals surface area contributed by atoms with Crippen molar-refractivity contribution in [1.29, 1.82) is 0 Å². The first-order valence-corrected chi connectivity index (χ1v) is 13.6. The normalized spacial score (nSPS) is 19.9. The Morgan fingerprint density at radius 2 is 1.80 bits per heavy atom. The predicted molar refractivity (Wildman–Crippen MR) is 148 cm³/mol. The highest BCUT2D eigenvalue weighted by Crippen LogP contribution is 2.40. The number of allylic oxidation sites excluding steroid dienone is 1. The van der Waals surface area contributed by atoms with E-state index in [4.69, 9.17) is 9.47 Å². The van der Waals surface area contributed by atoms with Crippen LogP contribution in [0.3, 0.4) is 0 Å². The molecule has 6 nitrogen and oxygen atoms in total. The average molecular weight is 565 g/mol. The van der Waals surface area contributed by atoms with Crippen LogP contribution in [0.2, 0.25) is 0 Å². The maximum atomic E-state index is 15.2. The van der Waals surface area contributed by atoms with Gasteiger partial charge in [0.25, 0.3) is 0 Å². The third-order valence-electron chi connectivity index (χ3n) is 7.29. The molecule has 0 bridgehead atoms. The second kappa shape index (κ2) is 11.4. The fraction of sp³-hybridized carbons (Fsp3) is 0.323. The largest absolute Gasteiger partial charge is 0.468 e. The lowest BCUT2D eigenvalue weighted by Gasteiger charge is -2.23. The molecule has 6 rings (SSSR count). The number of alkyl halides is 3. The van der Waals surface area contributed by atoms with Crippen molar-refractivity contribution in [3.8, 4) is 5.88 Å². The molecule has 0 radical (unpaired) electrons. The zero-order chi connectivity index (χ0) is 28.4. The molecule has 4 aromatic rings. The van der Waals surface area contributed by atoms with E-state index in [9.17, 15) is 13.2 Å². The summed E-state index contributed by atoms with van der Waals surface area (Å²) in [4.78, 5) is 8.56. The molecule has 4 heterocycles. The lowest BCUT2D eigenvalue weighted by atomic mass is 9.88. The van der Waals surface area contributed by atoms with E-state index in [1.807, 2.05) is 0 Å². The Balaban J connectivity index is 1.49. The summed E-state index contributed by atoms with van der Waals surface area (Å²) >= 11 is 0. The molecule has 10 heteroatoms. The van der Waals surface area contributed by atoms with Gasteiger partial charge in [-0.1, -0.05) is 36.4 Å². The number of rotatable bonds is 7. The van der Waals surface area contributed by atoms with Gasteiger partial charge in [0.15, 0.2) is 6.23 Å². The van der Waals surface area contributed by atoms with E-state index < -0.39 is 18.5 Å². The smallest absolute Gasteiger partial charge is 0.393 e. The van der Waals surface area contributed by atoms with Gasteiger partial charge in [-0.05, 0) is 59.7 Å². The number of nitrogens with zero attached hydrogens (tertiary/aromatic N) is 4. The highest BCUT2D eigenvalue weighted by molar-refractivity contribution is 6.00. The third-order valence-corrected chi connectivity index (χ3v) is 7.29. The van der Waals surface area contributed by atoms with Crippen molar-refractivity contribution in [2.24, 2.45) is 4.99 Å². The van der Waals surface area contributed by atoms with E-state index >= 15 is 4.39 Å². The van der Waals surface area contributed by atoms with Crippen molar-refractivity contribution in [3.63, 3.8) is 0 Å². The molecular formula is C31H28F4N4O2. The highest BCUT2D eigenvalue weighted by Gasteiger charge is 2.32. The standard InChI is InChI=1S/C31H28F4N4O2/c32-30-24-16-21(9-11-26(24)39(38-30)28-8-4-5-15-40-28)29(25(17-31(33,34)35)20-6-2-1-3-7-20)22-10-12-27(37-18-22)41-23-13-14-36-19-23/h1-3,6-7,9-12,16,18-19,23,28H,4-5,8,13-15,17H2/b29-25-/t23-,28-/m0/s1. The van der Waals surface area contributed by atoms with Crippen molar-refractivity contribution in [2.75, 3.05) is 13.2 Å². The molecule has 1 saturated heterocycles. The van der Waals surface area contributed by atoms with Gasteiger partial charge in [0, 0.05) is 43.6 Å². The van der Waals surface area contributed by atoms with Crippen molar-refractivity contribution in [2.45, 2.75) is 50.6 Å². The van der Waals surface area contributed by atoms with Gasteiger partial charge in [0.2, 0.25) is 11.8 Å². The minimum atomic E-state index is -4.49. The second-order valence-corrected chi connectivity index (χ2v) is 10.2. The van der Waals surface area contributed by atoms with Crippen LogP contribution in [0.1, 0.15) is 55.0 Å². The van der Waals surface area contributed by atoms with Crippen molar-refractivity contribution in [3.05, 3.63) is 89.5 Å². The van der Waals surface area contributed by atoms with Crippen LogP contribution in [0, 0.1) is 5.95 Å². The van der Waals surface area contributed by atoms with Crippen LogP contribution in [0.5, 0.6) is 5.88 Å². The zero-order valence-corrected chi connectivity index (χ0v) is 22.1. The van der Waals surface area contributed by atoms with Gasteiger partial charge < -0.3 is 9.47 Å². The molecule has 2 aliphatic rings. The first-order chi connectivity index (χ1) is 19.9. The predicted octanol–water partition coefficient (Wildman–Crippen LogP) is 7.40. The Morgan fingerprint density at radius 1 is 0.976 bits per heavy atom. The fourth-order valence-electron chi connectivity index (χ4n) is 5.40. The summed E-state index contributed by atoms with van der Waals surface area (Å²) in [6.07, 6.45) is 0.290. The number of aromatic nitrogens is 3. The lowest BCUT2D eigenvalue weighted by Crippen LogP contribution is -2.19. The van der Waals surface area contributed by atoms with E-state index in [2.05, 4.69) is 15.1 Å². The number of hydrogen-bond acceptors (Lipinski definition) is 5. The molecule has 2 aromatic carbocycles. The van der Waals surface area contributed by atoms with Crippen LogP contribution in [0.15, 0.2) is 71.9 Å². The van der Waals surface area contributed by atoms with E-state index in [1.165, 1.54) is 10.9 Å². The summed E-state index contributed by atoms with van der Waals surface area (Å²) in [6, 6.07) is 16.7. The third kappa shape index (κ3) is 6.02. The van der Waals surface area contributed by atoms with Crippen LogP contribution in [-0.2, 0) is 4.74 Å². The molecule has 0 N–H and O–H groups in total. The molecule has 1 fully saturated rings. The number of fused-ring (bicyclic) bond motifs is 1. The maximum Gasteiger partial charge on any atom is 0.393 e.